The fourth-order valence-electron chi connectivity index (χ4n) is 5.12. The second-order valence-electron chi connectivity index (χ2n) is 13.4. The Hall–Kier alpha value is -5.14. The highest BCUT2D eigenvalue weighted by Crippen LogP contribution is 2.29. The highest BCUT2D eigenvalue weighted by atomic mass is 19.1. The van der Waals surface area contributed by atoms with E-state index < -0.39 is 17.6 Å². The van der Waals surface area contributed by atoms with Crippen LogP contribution in [0.2, 0.25) is 0 Å². The van der Waals surface area contributed by atoms with E-state index >= 15 is 4.39 Å². The number of imidazole rings is 1. The molecule has 0 saturated carbocycles. The van der Waals surface area contributed by atoms with Crippen molar-refractivity contribution >= 4 is 17.0 Å². The Labute approximate surface area is 278 Å². The summed E-state index contributed by atoms with van der Waals surface area (Å²) in [4.78, 5) is 20.7. The quantitative estimate of drug-likeness (QED) is 0.170. The molecule has 1 fully saturated rings. The van der Waals surface area contributed by atoms with Gasteiger partial charge < -0.3 is 23.9 Å². The molecule has 1 aliphatic heterocycles. The number of aryl methyl sites for hydroxylation is 1. The van der Waals surface area contributed by atoms with E-state index in [1.54, 1.807) is 30.3 Å². The predicted molar refractivity (Wildman–Crippen MR) is 176 cm³/mol. The van der Waals surface area contributed by atoms with Crippen molar-refractivity contribution in [3.8, 4) is 23.2 Å². The van der Waals surface area contributed by atoms with E-state index in [9.17, 15) is 14.3 Å². The number of hydrogen-bond donors (Lipinski definition) is 0. The molecule has 0 unspecified atom stereocenters. The largest absolute Gasteiger partial charge is 0.545 e. The number of rotatable bonds is 9. The number of carboxylic acids is 1. The minimum atomic E-state index is -1.28. The lowest BCUT2D eigenvalue weighted by Gasteiger charge is -2.27. The fraction of sp³-hybridized carbons (Fsp3) is 0.316. The molecule has 1 aliphatic rings. The third-order valence-electron chi connectivity index (χ3n) is 7.54. The van der Waals surface area contributed by atoms with E-state index in [0.717, 1.165) is 18.1 Å². The number of aromatic carboxylic acids is 1. The molecule has 0 radical (unpaired) electrons. The number of hydrogen-bond acceptors (Lipinski definition) is 7. The number of halogens is 2. The van der Waals surface area contributed by atoms with Gasteiger partial charge in [-0.3, -0.25) is 0 Å². The topological polar surface area (TPSA) is 113 Å². The summed E-state index contributed by atoms with van der Waals surface area (Å²) < 4.78 is 43.1. The van der Waals surface area contributed by atoms with Crippen LogP contribution in [0.15, 0.2) is 66.7 Å². The molecule has 1 atom stereocenters. The van der Waals surface area contributed by atoms with Crippen LogP contribution in [0.3, 0.4) is 0 Å². The van der Waals surface area contributed by atoms with E-state index in [0.29, 0.717) is 52.2 Å². The maximum absolute atomic E-state index is 15.6. The zero-order valence-corrected chi connectivity index (χ0v) is 27.6. The van der Waals surface area contributed by atoms with Crippen molar-refractivity contribution in [3.05, 3.63) is 112 Å². The monoisotopic (exact) mass is 651 g/mol. The molecule has 3 aromatic carbocycles. The van der Waals surface area contributed by atoms with Crippen LogP contribution >= 0.6 is 0 Å². The fourth-order valence-corrected chi connectivity index (χ4v) is 5.12. The maximum atomic E-state index is 15.6. The Balaban J connectivity index is 0.000000840. The van der Waals surface area contributed by atoms with Gasteiger partial charge in [0.25, 0.3) is 0 Å². The lowest BCUT2D eigenvalue weighted by Crippen LogP contribution is -2.31. The molecule has 0 N–H and O–H groups in total. The summed E-state index contributed by atoms with van der Waals surface area (Å²) in [6, 6.07) is 18.9. The van der Waals surface area contributed by atoms with Gasteiger partial charge in [-0.05, 0) is 71.8 Å². The van der Waals surface area contributed by atoms with E-state index in [-0.39, 0.29) is 41.7 Å². The molecule has 10 heteroatoms. The Kier molecular flexibility index (Phi) is 10.2. The highest BCUT2D eigenvalue weighted by Gasteiger charge is 2.23. The number of carbonyl (C=O) groups is 1. The van der Waals surface area contributed by atoms with Crippen molar-refractivity contribution in [2.75, 3.05) is 6.61 Å². The minimum Gasteiger partial charge on any atom is -0.545 e. The zero-order chi connectivity index (χ0) is 34.6. The Morgan fingerprint density at radius 1 is 1.04 bits per heavy atom. The molecule has 48 heavy (non-hydrogen) atoms. The Morgan fingerprint density at radius 2 is 1.77 bits per heavy atom. The van der Waals surface area contributed by atoms with Crippen LogP contribution < -0.4 is 9.84 Å². The van der Waals surface area contributed by atoms with Gasteiger partial charge in [-0.2, -0.15) is 5.26 Å². The van der Waals surface area contributed by atoms with Gasteiger partial charge in [0.2, 0.25) is 5.88 Å². The molecule has 0 aliphatic carbocycles. The number of pyridine rings is 1. The summed E-state index contributed by atoms with van der Waals surface area (Å²) >= 11 is 0. The summed E-state index contributed by atoms with van der Waals surface area (Å²) in [7, 11) is 0. The van der Waals surface area contributed by atoms with Crippen molar-refractivity contribution in [3.63, 3.8) is 0 Å². The highest BCUT2D eigenvalue weighted by molar-refractivity contribution is 5.91. The predicted octanol–water partition coefficient (Wildman–Crippen LogP) is 6.93. The summed E-state index contributed by atoms with van der Waals surface area (Å²) in [6.07, 6.45) is 1.03. The van der Waals surface area contributed by atoms with Crippen LogP contribution in [0.4, 0.5) is 8.78 Å². The number of benzene rings is 3. The summed E-state index contributed by atoms with van der Waals surface area (Å²) in [5.74, 6) is -1.43. The zero-order valence-electron chi connectivity index (χ0n) is 27.6. The lowest BCUT2D eigenvalue weighted by molar-refractivity contribution is -0.255. The van der Waals surface area contributed by atoms with Crippen LogP contribution in [0.25, 0.3) is 22.3 Å². The van der Waals surface area contributed by atoms with Gasteiger partial charge in [0, 0.05) is 30.2 Å². The van der Waals surface area contributed by atoms with Crippen molar-refractivity contribution < 1.29 is 28.2 Å². The number of nitrogens with zero attached hydrogens (tertiary/aromatic N) is 4. The van der Waals surface area contributed by atoms with Crippen LogP contribution in [-0.4, -0.2) is 33.2 Å². The first kappa shape index (κ1) is 34.2. The second-order valence-corrected chi connectivity index (χ2v) is 13.4. The van der Waals surface area contributed by atoms with Crippen molar-refractivity contribution in [1.82, 2.24) is 14.5 Å². The first-order chi connectivity index (χ1) is 22.8. The van der Waals surface area contributed by atoms with Gasteiger partial charge in [-0.25, -0.2) is 18.7 Å². The third-order valence-corrected chi connectivity index (χ3v) is 7.54. The number of carboxylic acid groups (broad SMARTS) is 1. The van der Waals surface area contributed by atoms with Crippen molar-refractivity contribution in [2.45, 2.75) is 66.7 Å². The van der Waals surface area contributed by atoms with Gasteiger partial charge in [0.15, 0.2) is 0 Å². The average Bonchev–Trinajstić information content (AvgIpc) is 3.35. The number of ether oxygens (including phenoxy) is 2. The van der Waals surface area contributed by atoms with Crippen LogP contribution in [0.5, 0.6) is 5.88 Å². The standard InChI is InChI=1S/C33H26F2N4O4.C5H12/c1-19-11-23(14-31-37-29-8-7-21(33(40)41)13-30(29)39(31)17-24-9-10-42-24)27(35)15-25(19)28-3-2-4-32(38-28)43-18-22-6-5-20(16-36)12-26(22)34;1-5(2,3)4/h2-8,11-13,15,24H,9-10,14,17-18H2,1H3,(H,40,41);1-4H3/p-1/t24-;/m0./s1. The molecule has 0 spiro atoms. The molecule has 8 nitrogen and oxygen atoms in total. The molecule has 248 valence electrons. The van der Waals surface area contributed by atoms with Gasteiger partial charge in [0.1, 0.15) is 24.1 Å². The SMILES string of the molecule is CC(C)(C)C.Cc1cc(Cc2nc3ccc(C(=O)[O-])cc3n2C[C@@H]2CCO2)c(F)cc1-c1cccc(OCc2ccc(C#N)cc2F)n1. The molecule has 0 bridgehead atoms. The van der Waals surface area contributed by atoms with E-state index in [1.165, 1.54) is 30.3 Å². The molecule has 0 amide bonds. The minimum absolute atomic E-state index is 0.0225. The van der Waals surface area contributed by atoms with Crippen molar-refractivity contribution in [1.29, 1.82) is 5.26 Å². The van der Waals surface area contributed by atoms with Crippen LogP contribution in [-0.2, 0) is 24.3 Å². The lowest BCUT2D eigenvalue weighted by atomic mass is 9.99. The first-order valence-electron chi connectivity index (χ1n) is 15.7. The normalized spacial score (nSPS) is 14.1. The third kappa shape index (κ3) is 8.41. The number of aromatic nitrogens is 3. The average molecular weight is 652 g/mol. The molecular weight excluding hydrogens is 614 g/mol. The molecule has 2 aromatic heterocycles. The van der Waals surface area contributed by atoms with Gasteiger partial charge in [-0.1, -0.05) is 52.0 Å². The Morgan fingerprint density at radius 3 is 2.42 bits per heavy atom. The summed E-state index contributed by atoms with van der Waals surface area (Å²) in [6.45, 7) is 11.7. The van der Waals surface area contributed by atoms with Gasteiger partial charge >= 0.3 is 0 Å². The summed E-state index contributed by atoms with van der Waals surface area (Å²) in [5, 5.41) is 20.4. The number of fused-ring (bicyclic) bond motifs is 1. The maximum Gasteiger partial charge on any atom is 0.214 e. The molecule has 6 rings (SSSR count). The Bertz CT molecular complexity index is 2000. The van der Waals surface area contributed by atoms with Crippen LogP contribution in [0, 0.1) is 35.3 Å². The second kappa shape index (κ2) is 14.3. The smallest absolute Gasteiger partial charge is 0.214 e. The molecule has 3 heterocycles. The van der Waals surface area contributed by atoms with E-state index in [1.807, 2.05) is 17.6 Å². The number of carbonyl (C=O) groups excluding carboxylic acids is 1. The van der Waals surface area contributed by atoms with Crippen LogP contribution in [0.1, 0.15) is 72.6 Å². The number of nitriles is 1. The summed E-state index contributed by atoms with van der Waals surface area (Å²) in [5.41, 5.74) is 4.55. The molecule has 1 saturated heterocycles. The molecule has 5 aromatic rings. The van der Waals surface area contributed by atoms with Crippen molar-refractivity contribution in [2.24, 2.45) is 5.41 Å². The van der Waals surface area contributed by atoms with E-state index in [2.05, 4.69) is 32.7 Å². The first-order valence-corrected chi connectivity index (χ1v) is 15.7. The van der Waals surface area contributed by atoms with Gasteiger partial charge in [0.05, 0.1) is 47.0 Å². The molecular formula is C38H37F2N4O4-. The van der Waals surface area contributed by atoms with Gasteiger partial charge in [-0.15, -0.1) is 0 Å². The van der Waals surface area contributed by atoms with E-state index in [4.69, 9.17) is 19.7 Å².